The van der Waals surface area contributed by atoms with Crippen LogP contribution < -0.4 is 5.56 Å². The van der Waals surface area contributed by atoms with Gasteiger partial charge in [0, 0.05) is 20.1 Å². The second-order valence-corrected chi connectivity index (χ2v) is 9.16. The molecular weight excluding hydrogens is 382 g/mol. The second-order valence-electron chi connectivity index (χ2n) is 8.16. The Morgan fingerprint density at radius 3 is 2.55 bits per heavy atom. The summed E-state index contributed by atoms with van der Waals surface area (Å²) in [5.74, 6) is 0.711. The fraction of sp³-hybridized carbons (Fsp3) is 0.435. The van der Waals surface area contributed by atoms with Gasteiger partial charge in [-0.3, -0.25) is 9.59 Å². The number of benzene rings is 1. The molecule has 0 spiro atoms. The monoisotopic (exact) mass is 409 g/mol. The molecule has 0 bridgehead atoms. The molecule has 2 aromatic heterocycles. The van der Waals surface area contributed by atoms with Gasteiger partial charge in [-0.05, 0) is 56.6 Å². The molecule has 0 radical (unpaired) electrons. The van der Waals surface area contributed by atoms with E-state index in [-0.39, 0.29) is 11.5 Å². The van der Waals surface area contributed by atoms with E-state index in [2.05, 4.69) is 36.2 Å². The molecule has 29 heavy (non-hydrogen) atoms. The van der Waals surface area contributed by atoms with Gasteiger partial charge in [-0.1, -0.05) is 29.8 Å². The standard InChI is InChI=1S/C23H27N3O2S/c1-15-4-6-17(7-5-15)8-9-18-10-12-26(13-11-18)23(28)20-16(2)19-21(29-20)24-14-25(3)22(19)27/h4-7,14,18H,8-13H2,1-3H3. The van der Waals surface area contributed by atoms with Crippen LogP contribution in [0.1, 0.15) is 45.6 Å². The molecule has 0 N–H and O–H groups in total. The Kier molecular flexibility index (Phi) is 5.54. The van der Waals surface area contributed by atoms with Crippen molar-refractivity contribution >= 4 is 27.5 Å². The molecule has 1 aliphatic heterocycles. The van der Waals surface area contributed by atoms with E-state index < -0.39 is 0 Å². The normalized spacial score (nSPS) is 15.2. The molecule has 0 aliphatic carbocycles. The van der Waals surface area contributed by atoms with Gasteiger partial charge in [-0.25, -0.2) is 4.98 Å². The summed E-state index contributed by atoms with van der Waals surface area (Å²) in [6, 6.07) is 8.78. The SMILES string of the molecule is Cc1ccc(CCC2CCN(C(=O)c3sc4ncn(C)c(=O)c4c3C)CC2)cc1. The van der Waals surface area contributed by atoms with Crippen LogP contribution in [0, 0.1) is 19.8 Å². The van der Waals surface area contributed by atoms with Gasteiger partial charge < -0.3 is 9.47 Å². The van der Waals surface area contributed by atoms with Crippen molar-refractivity contribution in [2.24, 2.45) is 13.0 Å². The summed E-state index contributed by atoms with van der Waals surface area (Å²) in [6.45, 7) is 5.55. The van der Waals surface area contributed by atoms with Crippen molar-refractivity contribution in [3.05, 3.63) is 62.5 Å². The predicted molar refractivity (Wildman–Crippen MR) is 118 cm³/mol. The number of aromatic nitrogens is 2. The number of amides is 1. The Balaban J connectivity index is 1.40. The quantitative estimate of drug-likeness (QED) is 0.652. The number of fused-ring (bicyclic) bond motifs is 1. The molecule has 4 rings (SSSR count). The van der Waals surface area contributed by atoms with E-state index >= 15 is 0 Å². The van der Waals surface area contributed by atoms with Gasteiger partial charge in [-0.2, -0.15) is 0 Å². The van der Waals surface area contributed by atoms with Crippen LogP contribution in [0.5, 0.6) is 0 Å². The van der Waals surface area contributed by atoms with Crippen molar-refractivity contribution in [3.8, 4) is 0 Å². The topological polar surface area (TPSA) is 55.2 Å². The summed E-state index contributed by atoms with van der Waals surface area (Å²) in [7, 11) is 1.69. The van der Waals surface area contributed by atoms with Crippen LogP contribution in [-0.2, 0) is 13.5 Å². The van der Waals surface area contributed by atoms with Crippen molar-refractivity contribution < 1.29 is 4.79 Å². The fourth-order valence-electron chi connectivity index (χ4n) is 4.11. The Bertz CT molecular complexity index is 1090. The van der Waals surface area contributed by atoms with Gasteiger partial charge >= 0.3 is 0 Å². The predicted octanol–water partition coefficient (Wildman–Crippen LogP) is 4.10. The highest BCUT2D eigenvalue weighted by atomic mass is 32.1. The molecule has 1 fully saturated rings. The van der Waals surface area contributed by atoms with Gasteiger partial charge in [0.05, 0.1) is 16.6 Å². The summed E-state index contributed by atoms with van der Waals surface area (Å²) in [4.78, 5) is 33.1. The van der Waals surface area contributed by atoms with Gasteiger partial charge in [0.15, 0.2) is 0 Å². The minimum absolute atomic E-state index is 0.0459. The molecule has 0 atom stereocenters. The highest BCUT2D eigenvalue weighted by Crippen LogP contribution is 2.30. The lowest BCUT2D eigenvalue weighted by Crippen LogP contribution is -2.38. The Morgan fingerprint density at radius 1 is 1.17 bits per heavy atom. The van der Waals surface area contributed by atoms with Crippen LogP contribution in [0.2, 0.25) is 0 Å². The number of rotatable bonds is 4. The average molecular weight is 410 g/mol. The van der Waals surface area contributed by atoms with Crippen LogP contribution in [0.4, 0.5) is 0 Å². The fourth-order valence-corrected chi connectivity index (χ4v) is 5.21. The maximum atomic E-state index is 13.1. The first-order valence-corrected chi connectivity index (χ1v) is 11.0. The van der Waals surface area contributed by atoms with Crippen molar-refractivity contribution in [2.45, 2.75) is 39.5 Å². The number of carbonyl (C=O) groups is 1. The van der Waals surface area contributed by atoms with Crippen LogP contribution >= 0.6 is 11.3 Å². The van der Waals surface area contributed by atoms with Crippen LogP contribution in [-0.4, -0.2) is 33.4 Å². The highest BCUT2D eigenvalue weighted by molar-refractivity contribution is 7.20. The van der Waals surface area contributed by atoms with Gasteiger partial charge in [0.1, 0.15) is 4.83 Å². The molecule has 1 saturated heterocycles. The first-order chi connectivity index (χ1) is 13.9. The lowest BCUT2D eigenvalue weighted by Gasteiger charge is -2.32. The third-order valence-corrected chi connectivity index (χ3v) is 7.26. The Hall–Kier alpha value is -2.47. The number of piperidine rings is 1. The Morgan fingerprint density at radius 2 is 1.86 bits per heavy atom. The molecule has 152 valence electrons. The van der Waals surface area contributed by atoms with E-state index in [1.165, 1.54) is 39.8 Å². The molecule has 0 saturated carbocycles. The zero-order valence-corrected chi connectivity index (χ0v) is 18.1. The largest absolute Gasteiger partial charge is 0.338 e. The number of aryl methyl sites for hydroxylation is 4. The molecule has 0 unspecified atom stereocenters. The highest BCUT2D eigenvalue weighted by Gasteiger charge is 2.27. The van der Waals surface area contributed by atoms with Crippen molar-refractivity contribution in [3.63, 3.8) is 0 Å². The third kappa shape index (κ3) is 3.99. The zero-order valence-electron chi connectivity index (χ0n) is 17.3. The number of hydrogen-bond acceptors (Lipinski definition) is 4. The summed E-state index contributed by atoms with van der Waals surface area (Å²) >= 11 is 1.34. The van der Waals surface area contributed by atoms with Gasteiger partial charge in [0.25, 0.3) is 11.5 Å². The van der Waals surface area contributed by atoms with Crippen LogP contribution in [0.25, 0.3) is 10.2 Å². The minimum atomic E-state index is -0.0855. The van der Waals surface area contributed by atoms with E-state index in [0.717, 1.165) is 37.9 Å². The number of hydrogen-bond donors (Lipinski definition) is 0. The maximum Gasteiger partial charge on any atom is 0.264 e. The molecule has 6 heteroatoms. The summed E-state index contributed by atoms with van der Waals surface area (Å²) in [6.07, 6.45) is 5.88. The first kappa shape index (κ1) is 19.8. The number of nitrogens with zero attached hydrogens (tertiary/aromatic N) is 3. The maximum absolute atomic E-state index is 13.1. The third-order valence-electron chi connectivity index (χ3n) is 6.07. The average Bonchev–Trinajstić information content (AvgIpc) is 3.07. The minimum Gasteiger partial charge on any atom is -0.338 e. The van der Waals surface area contributed by atoms with Gasteiger partial charge in [-0.15, -0.1) is 11.3 Å². The van der Waals surface area contributed by atoms with Crippen molar-refractivity contribution in [1.29, 1.82) is 0 Å². The molecule has 5 nitrogen and oxygen atoms in total. The molecule has 1 aliphatic rings. The number of thiophene rings is 1. The van der Waals surface area contributed by atoms with Crippen LogP contribution in [0.3, 0.4) is 0 Å². The summed E-state index contributed by atoms with van der Waals surface area (Å²) in [5.41, 5.74) is 3.37. The lowest BCUT2D eigenvalue weighted by atomic mass is 9.90. The number of likely N-dealkylation sites (tertiary alicyclic amines) is 1. The number of carbonyl (C=O) groups excluding carboxylic acids is 1. The smallest absolute Gasteiger partial charge is 0.264 e. The lowest BCUT2D eigenvalue weighted by molar-refractivity contribution is 0.0691. The first-order valence-electron chi connectivity index (χ1n) is 10.2. The molecule has 3 aromatic rings. The van der Waals surface area contributed by atoms with E-state index in [1.54, 1.807) is 7.05 Å². The van der Waals surface area contributed by atoms with E-state index in [1.807, 2.05) is 11.8 Å². The van der Waals surface area contributed by atoms with Crippen LogP contribution in [0.15, 0.2) is 35.4 Å². The Labute approximate surface area is 175 Å². The summed E-state index contributed by atoms with van der Waals surface area (Å²) in [5, 5.41) is 0.580. The zero-order chi connectivity index (χ0) is 20.5. The second kappa shape index (κ2) is 8.11. The molecule has 3 heterocycles. The van der Waals surface area contributed by atoms with Gasteiger partial charge in [0.2, 0.25) is 0 Å². The van der Waals surface area contributed by atoms with E-state index in [9.17, 15) is 9.59 Å². The van der Waals surface area contributed by atoms with Crippen molar-refractivity contribution in [2.75, 3.05) is 13.1 Å². The van der Waals surface area contributed by atoms with E-state index in [4.69, 9.17) is 0 Å². The van der Waals surface area contributed by atoms with Crippen molar-refractivity contribution in [1.82, 2.24) is 14.5 Å². The summed E-state index contributed by atoms with van der Waals surface area (Å²) < 4.78 is 1.47. The molecule has 1 amide bonds. The van der Waals surface area contributed by atoms with E-state index in [0.29, 0.717) is 21.0 Å². The molecule has 1 aromatic carbocycles. The molecular formula is C23H27N3O2S.